The summed E-state index contributed by atoms with van der Waals surface area (Å²) in [6, 6.07) is 20.0. The lowest BCUT2D eigenvalue weighted by Crippen LogP contribution is -2.45. The van der Waals surface area contributed by atoms with Gasteiger partial charge in [0.25, 0.3) is 0 Å². The van der Waals surface area contributed by atoms with Crippen molar-refractivity contribution in [1.29, 1.82) is 0 Å². The van der Waals surface area contributed by atoms with Crippen LogP contribution in [0.15, 0.2) is 77.7 Å². The Bertz CT molecular complexity index is 1280. The first-order valence-electron chi connectivity index (χ1n) is 11.7. The molecule has 0 aromatic heterocycles. The van der Waals surface area contributed by atoms with E-state index in [1.54, 1.807) is 4.90 Å². The number of likely N-dealkylation sites (tertiary alicyclic amines) is 1. The van der Waals surface area contributed by atoms with Crippen molar-refractivity contribution in [3.63, 3.8) is 0 Å². The predicted molar refractivity (Wildman–Crippen MR) is 140 cm³/mol. The van der Waals surface area contributed by atoms with Crippen LogP contribution in [-0.4, -0.2) is 43.2 Å². The van der Waals surface area contributed by atoms with Crippen molar-refractivity contribution in [3.05, 3.63) is 99.8 Å². The van der Waals surface area contributed by atoms with Crippen LogP contribution in [0, 0.1) is 11.7 Å². The van der Waals surface area contributed by atoms with Gasteiger partial charge >= 0.3 is 0 Å². The van der Waals surface area contributed by atoms with E-state index in [9.17, 15) is 17.6 Å². The van der Waals surface area contributed by atoms with E-state index in [0.717, 1.165) is 23.6 Å². The van der Waals surface area contributed by atoms with Gasteiger partial charge in [-0.25, -0.2) is 12.8 Å². The zero-order chi connectivity index (χ0) is 25.7. The van der Waals surface area contributed by atoms with E-state index in [1.165, 1.54) is 48.0 Å². The molecule has 1 amide bonds. The number of sulfonamides is 1. The van der Waals surface area contributed by atoms with Crippen LogP contribution in [0.4, 0.5) is 4.39 Å². The maximum absolute atomic E-state index is 14.5. The summed E-state index contributed by atoms with van der Waals surface area (Å²) >= 11 is 12.1. The molecule has 1 heterocycles. The van der Waals surface area contributed by atoms with Gasteiger partial charge in [-0.3, -0.25) is 4.79 Å². The molecule has 0 bridgehead atoms. The third-order valence-electron chi connectivity index (χ3n) is 6.49. The van der Waals surface area contributed by atoms with Gasteiger partial charge in [0.2, 0.25) is 15.9 Å². The molecule has 1 aliphatic rings. The molecule has 9 heteroatoms. The standard InChI is InChI=1S/C27H27Cl2FN2O3S/c28-22-9-11-23(12-10-22)36(34,35)32(18-24-25(29)7-4-8-26(24)30)19-27(33)31-15-13-21(14-16-31)17-20-5-2-1-3-6-20/h1-12,21H,13-19H2. The molecule has 3 aromatic carbocycles. The maximum Gasteiger partial charge on any atom is 0.243 e. The molecular formula is C27H27Cl2FN2O3S. The van der Waals surface area contributed by atoms with Gasteiger partial charge in [0, 0.05) is 35.2 Å². The Morgan fingerprint density at radius 3 is 2.25 bits per heavy atom. The number of amides is 1. The van der Waals surface area contributed by atoms with Crippen LogP contribution in [0.5, 0.6) is 0 Å². The lowest BCUT2D eigenvalue weighted by atomic mass is 9.90. The normalized spacial score (nSPS) is 14.8. The van der Waals surface area contributed by atoms with Gasteiger partial charge in [-0.2, -0.15) is 4.31 Å². The minimum Gasteiger partial charge on any atom is -0.342 e. The molecule has 1 saturated heterocycles. The van der Waals surface area contributed by atoms with Gasteiger partial charge in [-0.15, -0.1) is 0 Å². The van der Waals surface area contributed by atoms with Crippen LogP contribution in [0.25, 0.3) is 0 Å². The molecule has 4 rings (SSSR count). The van der Waals surface area contributed by atoms with E-state index in [-0.39, 0.29) is 27.9 Å². The van der Waals surface area contributed by atoms with Crippen LogP contribution in [-0.2, 0) is 27.8 Å². The first-order chi connectivity index (χ1) is 17.2. The summed E-state index contributed by atoms with van der Waals surface area (Å²) in [6.07, 6.45) is 2.62. The molecule has 0 aliphatic carbocycles. The number of piperidine rings is 1. The second-order valence-corrected chi connectivity index (χ2v) is 11.7. The summed E-state index contributed by atoms with van der Waals surface area (Å²) in [5.41, 5.74) is 1.29. The molecule has 0 radical (unpaired) electrons. The zero-order valence-electron chi connectivity index (χ0n) is 19.6. The average molecular weight is 549 g/mol. The highest BCUT2D eigenvalue weighted by Crippen LogP contribution is 2.27. The number of hydrogen-bond donors (Lipinski definition) is 0. The molecule has 1 fully saturated rings. The summed E-state index contributed by atoms with van der Waals surface area (Å²) in [5, 5.41) is 0.479. The molecule has 1 aliphatic heterocycles. The third-order valence-corrected chi connectivity index (χ3v) is 8.91. The van der Waals surface area contributed by atoms with Crippen molar-refractivity contribution in [2.75, 3.05) is 19.6 Å². The molecule has 0 spiro atoms. The predicted octanol–water partition coefficient (Wildman–Crippen LogP) is 5.80. The van der Waals surface area contributed by atoms with Gasteiger partial charge in [0.05, 0.1) is 11.4 Å². The number of nitrogens with zero attached hydrogens (tertiary/aromatic N) is 2. The smallest absolute Gasteiger partial charge is 0.243 e. The average Bonchev–Trinajstić information content (AvgIpc) is 2.87. The first-order valence-corrected chi connectivity index (χ1v) is 13.9. The van der Waals surface area contributed by atoms with Gasteiger partial charge in [-0.05, 0) is 67.1 Å². The SMILES string of the molecule is O=C(CN(Cc1c(F)cccc1Cl)S(=O)(=O)c1ccc(Cl)cc1)N1CCC(Cc2ccccc2)CC1. The summed E-state index contributed by atoms with van der Waals surface area (Å²) in [5.74, 6) is -0.492. The lowest BCUT2D eigenvalue weighted by Gasteiger charge is -2.33. The molecule has 3 aromatic rings. The quantitative estimate of drug-likeness (QED) is 0.357. The molecule has 0 N–H and O–H groups in total. The van der Waals surface area contributed by atoms with E-state index < -0.39 is 22.4 Å². The van der Waals surface area contributed by atoms with E-state index in [4.69, 9.17) is 23.2 Å². The van der Waals surface area contributed by atoms with E-state index >= 15 is 0 Å². The first kappa shape index (κ1) is 26.6. The highest BCUT2D eigenvalue weighted by Gasteiger charge is 2.31. The van der Waals surface area contributed by atoms with Crippen molar-refractivity contribution in [3.8, 4) is 0 Å². The van der Waals surface area contributed by atoms with E-state index in [2.05, 4.69) is 12.1 Å². The van der Waals surface area contributed by atoms with Crippen LogP contribution in [0.1, 0.15) is 24.0 Å². The maximum atomic E-state index is 14.5. The van der Waals surface area contributed by atoms with Gasteiger partial charge in [0.1, 0.15) is 5.82 Å². The van der Waals surface area contributed by atoms with Crippen molar-refractivity contribution in [2.24, 2.45) is 5.92 Å². The summed E-state index contributed by atoms with van der Waals surface area (Å²) in [7, 11) is -4.13. The van der Waals surface area contributed by atoms with Crippen LogP contribution in [0.2, 0.25) is 10.0 Å². The molecule has 190 valence electrons. The fourth-order valence-electron chi connectivity index (χ4n) is 4.43. The largest absolute Gasteiger partial charge is 0.342 e. The van der Waals surface area contributed by atoms with Crippen LogP contribution < -0.4 is 0 Å². The van der Waals surface area contributed by atoms with Crippen LogP contribution >= 0.6 is 23.2 Å². The zero-order valence-corrected chi connectivity index (χ0v) is 21.9. The van der Waals surface area contributed by atoms with Crippen LogP contribution in [0.3, 0.4) is 0 Å². The van der Waals surface area contributed by atoms with E-state index in [1.807, 2.05) is 18.2 Å². The van der Waals surface area contributed by atoms with Gasteiger partial charge < -0.3 is 4.90 Å². The number of carbonyl (C=O) groups is 1. The number of carbonyl (C=O) groups excluding carboxylic acids is 1. The minimum absolute atomic E-state index is 0.0195. The second-order valence-electron chi connectivity index (χ2n) is 8.94. The number of rotatable bonds is 8. The van der Waals surface area contributed by atoms with Gasteiger partial charge in [0.15, 0.2) is 0 Å². The molecule has 0 atom stereocenters. The Labute approximate surface area is 221 Å². The summed E-state index contributed by atoms with van der Waals surface area (Å²) in [6.45, 7) is 0.308. The summed E-state index contributed by atoms with van der Waals surface area (Å²) in [4.78, 5) is 14.9. The minimum atomic E-state index is -4.13. The fraction of sp³-hybridized carbons (Fsp3) is 0.296. The topological polar surface area (TPSA) is 57.7 Å². The Morgan fingerprint density at radius 1 is 0.944 bits per heavy atom. The van der Waals surface area contributed by atoms with Crippen molar-refractivity contribution in [1.82, 2.24) is 9.21 Å². The molecule has 5 nitrogen and oxygen atoms in total. The van der Waals surface area contributed by atoms with Crippen molar-refractivity contribution in [2.45, 2.75) is 30.7 Å². The number of hydrogen-bond acceptors (Lipinski definition) is 3. The Kier molecular flexibility index (Phi) is 8.67. The lowest BCUT2D eigenvalue weighted by molar-refractivity contribution is -0.132. The van der Waals surface area contributed by atoms with E-state index in [0.29, 0.717) is 24.0 Å². The Morgan fingerprint density at radius 2 is 1.61 bits per heavy atom. The van der Waals surface area contributed by atoms with Gasteiger partial charge in [-0.1, -0.05) is 59.6 Å². The molecule has 0 unspecified atom stereocenters. The monoisotopic (exact) mass is 548 g/mol. The van der Waals surface area contributed by atoms with Crippen molar-refractivity contribution >= 4 is 39.1 Å². The number of benzene rings is 3. The molecular weight excluding hydrogens is 522 g/mol. The highest BCUT2D eigenvalue weighted by atomic mass is 35.5. The van der Waals surface area contributed by atoms with Crippen molar-refractivity contribution < 1.29 is 17.6 Å². The fourth-order valence-corrected chi connectivity index (χ4v) is 6.13. The molecule has 0 saturated carbocycles. The number of halogens is 3. The summed E-state index contributed by atoms with van der Waals surface area (Å²) < 4.78 is 42.5. The highest BCUT2D eigenvalue weighted by molar-refractivity contribution is 7.89. The Hall–Kier alpha value is -2.45. The second kappa shape index (κ2) is 11.7. The Balaban J connectivity index is 1.50. The molecule has 36 heavy (non-hydrogen) atoms. The third kappa shape index (κ3) is 6.45.